The Bertz CT molecular complexity index is 332. The molecule has 0 aromatic rings. The summed E-state index contributed by atoms with van der Waals surface area (Å²) in [6, 6.07) is 0.0936. The van der Waals surface area contributed by atoms with Crippen LogP contribution in [0, 0.1) is 11.8 Å². The summed E-state index contributed by atoms with van der Waals surface area (Å²) in [6.07, 6.45) is 5.02. The van der Waals surface area contributed by atoms with Crippen LogP contribution in [0.4, 0.5) is 4.79 Å². The highest BCUT2D eigenvalue weighted by molar-refractivity contribution is 5.68. The minimum atomic E-state index is -0.425. The Hall–Kier alpha value is -1.03. The van der Waals surface area contributed by atoms with Crippen LogP contribution in [0.15, 0.2) is 12.2 Å². The fraction of sp³-hybridized carbons (Fsp3) is 0.800. The first-order chi connectivity index (χ1) is 8.69. The number of amides is 1. The van der Waals surface area contributed by atoms with E-state index in [0.717, 1.165) is 19.5 Å². The van der Waals surface area contributed by atoms with Gasteiger partial charge in [0.15, 0.2) is 0 Å². The van der Waals surface area contributed by atoms with Crippen molar-refractivity contribution in [2.75, 3.05) is 13.1 Å². The van der Waals surface area contributed by atoms with Crippen molar-refractivity contribution in [2.24, 2.45) is 17.6 Å². The van der Waals surface area contributed by atoms with Gasteiger partial charge in [-0.2, -0.15) is 0 Å². The van der Waals surface area contributed by atoms with Gasteiger partial charge >= 0.3 is 6.09 Å². The van der Waals surface area contributed by atoms with Crippen LogP contribution in [0.5, 0.6) is 0 Å². The van der Waals surface area contributed by atoms with Crippen molar-refractivity contribution in [3.05, 3.63) is 12.2 Å². The molecule has 0 aliphatic carbocycles. The van der Waals surface area contributed by atoms with Crippen molar-refractivity contribution in [1.82, 2.24) is 4.90 Å². The lowest BCUT2D eigenvalue weighted by Crippen LogP contribution is -2.44. The van der Waals surface area contributed by atoms with E-state index in [1.807, 2.05) is 38.7 Å². The molecule has 0 aromatic heterocycles. The van der Waals surface area contributed by atoms with Crippen molar-refractivity contribution in [3.63, 3.8) is 0 Å². The van der Waals surface area contributed by atoms with Gasteiger partial charge in [0.2, 0.25) is 0 Å². The lowest BCUT2D eigenvalue weighted by atomic mass is 9.86. The van der Waals surface area contributed by atoms with Crippen LogP contribution in [0.3, 0.4) is 0 Å². The second-order valence-electron chi connectivity index (χ2n) is 6.60. The summed E-state index contributed by atoms with van der Waals surface area (Å²) >= 11 is 0. The maximum atomic E-state index is 12.0. The van der Waals surface area contributed by atoms with E-state index < -0.39 is 5.60 Å². The van der Waals surface area contributed by atoms with Gasteiger partial charge in [-0.15, -0.1) is 0 Å². The smallest absolute Gasteiger partial charge is 0.410 e. The van der Waals surface area contributed by atoms with Crippen LogP contribution >= 0.6 is 0 Å². The monoisotopic (exact) mass is 268 g/mol. The number of carbonyl (C=O) groups is 1. The zero-order valence-corrected chi connectivity index (χ0v) is 12.8. The zero-order chi connectivity index (χ0) is 14.6. The minimum absolute atomic E-state index is 0.0936. The predicted octanol–water partition coefficient (Wildman–Crippen LogP) is 2.78. The molecule has 1 fully saturated rings. The summed E-state index contributed by atoms with van der Waals surface area (Å²) in [4.78, 5) is 13.8. The molecule has 1 aliphatic heterocycles. The number of carbonyl (C=O) groups excluding carboxylic acids is 1. The molecule has 4 heteroatoms. The molecule has 19 heavy (non-hydrogen) atoms. The lowest BCUT2D eigenvalue weighted by Gasteiger charge is -2.36. The molecule has 110 valence electrons. The quantitative estimate of drug-likeness (QED) is 0.783. The molecule has 0 radical (unpaired) electrons. The fourth-order valence-electron chi connectivity index (χ4n) is 2.26. The highest BCUT2D eigenvalue weighted by Crippen LogP contribution is 2.25. The van der Waals surface area contributed by atoms with Crippen molar-refractivity contribution >= 4 is 6.09 Å². The van der Waals surface area contributed by atoms with Crippen molar-refractivity contribution in [2.45, 2.75) is 52.7 Å². The van der Waals surface area contributed by atoms with E-state index in [2.05, 4.69) is 13.0 Å². The van der Waals surface area contributed by atoms with E-state index >= 15 is 0 Å². The maximum absolute atomic E-state index is 12.0. The number of nitrogens with zero attached hydrogens (tertiary/aromatic N) is 1. The van der Waals surface area contributed by atoms with Gasteiger partial charge in [-0.05, 0) is 46.0 Å². The van der Waals surface area contributed by atoms with Gasteiger partial charge in [0.05, 0.1) is 0 Å². The van der Waals surface area contributed by atoms with Crippen LogP contribution in [0.1, 0.15) is 41.0 Å². The van der Waals surface area contributed by atoms with Crippen molar-refractivity contribution < 1.29 is 9.53 Å². The third-order valence-electron chi connectivity index (χ3n) is 3.29. The Morgan fingerprint density at radius 2 is 2.11 bits per heavy atom. The third-order valence-corrected chi connectivity index (χ3v) is 3.29. The maximum Gasteiger partial charge on any atom is 0.410 e. The molecule has 1 amide bonds. The molecular weight excluding hydrogens is 240 g/mol. The summed E-state index contributed by atoms with van der Waals surface area (Å²) in [5.74, 6) is 0.945. The third kappa shape index (κ3) is 5.64. The topological polar surface area (TPSA) is 55.6 Å². The molecule has 3 unspecified atom stereocenters. The van der Waals surface area contributed by atoms with Crippen LogP contribution in [-0.2, 0) is 4.74 Å². The molecule has 1 rings (SSSR count). The highest BCUT2D eigenvalue weighted by atomic mass is 16.6. The van der Waals surface area contributed by atoms with E-state index in [1.54, 1.807) is 0 Å². The average Bonchev–Trinajstić information content (AvgIpc) is 2.24. The van der Waals surface area contributed by atoms with Gasteiger partial charge in [-0.3, -0.25) is 0 Å². The van der Waals surface area contributed by atoms with E-state index in [1.165, 1.54) is 0 Å². The van der Waals surface area contributed by atoms with E-state index in [4.69, 9.17) is 10.5 Å². The number of allylic oxidation sites excluding steroid dienone is 1. The first-order valence-electron chi connectivity index (χ1n) is 7.11. The number of hydrogen-bond acceptors (Lipinski definition) is 3. The normalized spacial score (nSPS) is 26.5. The Morgan fingerprint density at radius 3 is 2.58 bits per heavy atom. The molecule has 0 spiro atoms. The van der Waals surface area contributed by atoms with E-state index in [9.17, 15) is 4.79 Å². The lowest BCUT2D eigenvalue weighted by molar-refractivity contribution is 0.0141. The predicted molar refractivity (Wildman–Crippen MR) is 77.9 cm³/mol. The van der Waals surface area contributed by atoms with Gasteiger partial charge in [0, 0.05) is 19.1 Å². The Morgan fingerprint density at radius 1 is 1.47 bits per heavy atom. The number of nitrogens with two attached hydrogens (primary N) is 1. The van der Waals surface area contributed by atoms with Crippen LogP contribution in [0.2, 0.25) is 0 Å². The average molecular weight is 268 g/mol. The fourth-order valence-corrected chi connectivity index (χ4v) is 2.26. The molecule has 1 aliphatic rings. The molecule has 0 bridgehead atoms. The van der Waals surface area contributed by atoms with Crippen LogP contribution < -0.4 is 5.73 Å². The Balaban J connectivity index is 2.51. The van der Waals surface area contributed by atoms with Crippen molar-refractivity contribution in [1.29, 1.82) is 0 Å². The molecule has 1 saturated heterocycles. The van der Waals surface area contributed by atoms with E-state index in [0.29, 0.717) is 11.8 Å². The molecule has 0 saturated carbocycles. The molecule has 1 heterocycles. The first-order valence-corrected chi connectivity index (χ1v) is 7.11. The first kappa shape index (κ1) is 16.0. The largest absolute Gasteiger partial charge is 0.444 e. The van der Waals surface area contributed by atoms with Crippen LogP contribution in [0.25, 0.3) is 0 Å². The number of piperidine rings is 1. The second-order valence-corrected chi connectivity index (χ2v) is 6.60. The molecule has 0 aromatic carbocycles. The minimum Gasteiger partial charge on any atom is -0.444 e. The standard InChI is InChI=1S/C15H28N2O2/c1-11-10-17(14(18)19-15(3,4)5)9-8-13(11)7-6-12(2)16/h6-7,11-13H,8-10,16H2,1-5H3/b7-6+. The Kier molecular flexibility index (Phi) is 5.41. The van der Waals surface area contributed by atoms with Gasteiger partial charge in [0.25, 0.3) is 0 Å². The summed E-state index contributed by atoms with van der Waals surface area (Å²) in [6.45, 7) is 11.3. The van der Waals surface area contributed by atoms with Gasteiger partial charge in [0.1, 0.15) is 5.60 Å². The van der Waals surface area contributed by atoms with Crippen molar-refractivity contribution in [3.8, 4) is 0 Å². The summed E-state index contributed by atoms with van der Waals surface area (Å²) in [5.41, 5.74) is 5.30. The number of ether oxygens (including phenoxy) is 1. The number of likely N-dealkylation sites (tertiary alicyclic amines) is 1. The molecular formula is C15H28N2O2. The van der Waals surface area contributed by atoms with Gasteiger partial charge in [-0.1, -0.05) is 19.1 Å². The second kappa shape index (κ2) is 6.42. The highest BCUT2D eigenvalue weighted by Gasteiger charge is 2.29. The molecule has 2 N–H and O–H groups in total. The molecule has 3 atom stereocenters. The zero-order valence-electron chi connectivity index (χ0n) is 12.8. The summed E-state index contributed by atoms with van der Waals surface area (Å²) < 4.78 is 5.41. The summed E-state index contributed by atoms with van der Waals surface area (Å²) in [7, 11) is 0. The van der Waals surface area contributed by atoms with Gasteiger partial charge < -0.3 is 15.4 Å². The Labute approximate surface area is 117 Å². The number of hydrogen-bond donors (Lipinski definition) is 1. The SMILES string of the molecule is CC(N)/C=C/C1CCN(C(=O)OC(C)(C)C)CC1C. The van der Waals surface area contributed by atoms with E-state index in [-0.39, 0.29) is 12.1 Å². The number of rotatable bonds is 2. The van der Waals surface area contributed by atoms with Crippen LogP contribution in [-0.4, -0.2) is 35.7 Å². The summed E-state index contributed by atoms with van der Waals surface area (Å²) in [5, 5.41) is 0. The van der Waals surface area contributed by atoms with Gasteiger partial charge in [-0.25, -0.2) is 4.79 Å². The molecule has 4 nitrogen and oxygen atoms in total.